The molecule has 0 radical (unpaired) electrons. The van der Waals surface area contributed by atoms with Crippen molar-refractivity contribution in [1.82, 2.24) is 10.2 Å². The van der Waals surface area contributed by atoms with Crippen LogP contribution in [0.25, 0.3) is 0 Å². The van der Waals surface area contributed by atoms with Gasteiger partial charge in [-0.15, -0.1) is 0 Å². The van der Waals surface area contributed by atoms with Gasteiger partial charge in [-0.1, -0.05) is 44.2 Å². The van der Waals surface area contributed by atoms with Crippen molar-refractivity contribution < 1.29 is 0 Å². The summed E-state index contributed by atoms with van der Waals surface area (Å²) in [5.41, 5.74) is 0.471. The first-order chi connectivity index (χ1) is 9.72. The Bertz CT molecular complexity index is 404. The van der Waals surface area contributed by atoms with Gasteiger partial charge in [0.25, 0.3) is 0 Å². The molecule has 1 aromatic carbocycles. The van der Waals surface area contributed by atoms with Gasteiger partial charge in [-0.25, -0.2) is 0 Å². The van der Waals surface area contributed by atoms with Crippen molar-refractivity contribution in [2.45, 2.75) is 38.6 Å². The summed E-state index contributed by atoms with van der Waals surface area (Å²) in [4.78, 5) is 2.45. The summed E-state index contributed by atoms with van der Waals surface area (Å²) < 4.78 is 0. The van der Waals surface area contributed by atoms with Gasteiger partial charge in [0, 0.05) is 6.54 Å². The monoisotopic (exact) mass is 273 g/mol. The van der Waals surface area contributed by atoms with Gasteiger partial charge in [-0.2, -0.15) is 5.26 Å². The van der Waals surface area contributed by atoms with Gasteiger partial charge in [0.15, 0.2) is 0 Å². The standard InChI is InChI=1S/C17H27N3/c1-4-12-20(13-5-2)14-11-17(15-18,19-3)16-9-7-6-8-10-16/h6-10,19H,4-5,11-14H2,1-3H3. The first kappa shape index (κ1) is 16.7. The van der Waals surface area contributed by atoms with Crippen LogP contribution in [0.3, 0.4) is 0 Å². The molecular weight excluding hydrogens is 246 g/mol. The Morgan fingerprint density at radius 1 is 1.10 bits per heavy atom. The lowest BCUT2D eigenvalue weighted by Crippen LogP contribution is -2.42. The summed E-state index contributed by atoms with van der Waals surface area (Å²) in [5, 5.41) is 12.9. The molecule has 3 heteroatoms. The van der Waals surface area contributed by atoms with Gasteiger partial charge < -0.3 is 4.90 Å². The minimum absolute atomic E-state index is 0.582. The molecule has 1 rings (SSSR count). The Hall–Kier alpha value is -1.37. The fourth-order valence-electron chi connectivity index (χ4n) is 2.61. The third-order valence-corrected chi connectivity index (χ3v) is 3.77. The SMILES string of the molecule is CCCN(CCC)CCC(C#N)(NC)c1ccccc1. The van der Waals surface area contributed by atoms with Crippen molar-refractivity contribution in [3.63, 3.8) is 0 Å². The molecule has 0 aliphatic heterocycles. The second-order valence-electron chi connectivity index (χ2n) is 5.22. The van der Waals surface area contributed by atoms with Gasteiger partial charge >= 0.3 is 0 Å². The molecule has 0 spiro atoms. The van der Waals surface area contributed by atoms with Crippen LogP contribution in [0.5, 0.6) is 0 Å². The van der Waals surface area contributed by atoms with E-state index in [1.165, 1.54) is 0 Å². The average Bonchev–Trinajstić information content (AvgIpc) is 2.50. The molecule has 1 atom stereocenters. The zero-order valence-corrected chi connectivity index (χ0v) is 13.0. The van der Waals surface area contributed by atoms with E-state index >= 15 is 0 Å². The molecule has 0 aliphatic carbocycles. The number of hydrogen-bond donors (Lipinski definition) is 1. The largest absolute Gasteiger partial charge is 0.303 e. The maximum absolute atomic E-state index is 9.67. The second kappa shape index (κ2) is 8.73. The fraction of sp³-hybridized carbons (Fsp3) is 0.588. The minimum atomic E-state index is -0.582. The molecule has 3 nitrogen and oxygen atoms in total. The lowest BCUT2D eigenvalue weighted by molar-refractivity contribution is 0.244. The summed E-state index contributed by atoms with van der Waals surface area (Å²) in [7, 11) is 1.88. The van der Waals surface area contributed by atoms with Gasteiger partial charge in [-0.3, -0.25) is 5.32 Å². The molecule has 0 aliphatic rings. The predicted octanol–water partition coefficient (Wildman–Crippen LogP) is 3.14. The summed E-state index contributed by atoms with van der Waals surface area (Å²) in [5.74, 6) is 0. The van der Waals surface area contributed by atoms with E-state index in [-0.39, 0.29) is 0 Å². The highest BCUT2D eigenvalue weighted by molar-refractivity contribution is 5.31. The number of nitrogens with one attached hydrogen (secondary N) is 1. The van der Waals surface area contributed by atoms with E-state index in [1.54, 1.807) is 0 Å². The van der Waals surface area contributed by atoms with E-state index in [2.05, 4.69) is 30.1 Å². The summed E-state index contributed by atoms with van der Waals surface area (Å²) in [6.45, 7) is 7.57. The van der Waals surface area contributed by atoms with Crippen molar-refractivity contribution in [3.8, 4) is 6.07 Å². The molecular formula is C17H27N3. The lowest BCUT2D eigenvalue weighted by atomic mass is 9.88. The zero-order chi connectivity index (χ0) is 14.8. The van der Waals surface area contributed by atoms with Crippen LogP contribution < -0.4 is 5.32 Å². The van der Waals surface area contributed by atoms with E-state index < -0.39 is 5.54 Å². The Morgan fingerprint density at radius 2 is 1.70 bits per heavy atom. The summed E-state index contributed by atoms with van der Waals surface area (Å²) >= 11 is 0. The molecule has 0 fully saturated rings. The number of nitrogens with zero attached hydrogens (tertiary/aromatic N) is 2. The van der Waals surface area contributed by atoms with Crippen LogP contribution in [0.2, 0.25) is 0 Å². The van der Waals surface area contributed by atoms with Crippen LogP contribution in [0, 0.1) is 11.3 Å². The Labute approximate surface area is 123 Å². The quantitative estimate of drug-likeness (QED) is 0.751. The molecule has 0 aromatic heterocycles. The highest BCUT2D eigenvalue weighted by Gasteiger charge is 2.30. The van der Waals surface area contributed by atoms with E-state index in [4.69, 9.17) is 0 Å². The lowest BCUT2D eigenvalue weighted by Gasteiger charge is -2.30. The van der Waals surface area contributed by atoms with Crippen LogP contribution in [0.15, 0.2) is 30.3 Å². The Morgan fingerprint density at radius 3 is 2.15 bits per heavy atom. The summed E-state index contributed by atoms with van der Waals surface area (Å²) in [6.07, 6.45) is 3.12. The third kappa shape index (κ3) is 4.33. The molecule has 20 heavy (non-hydrogen) atoms. The Kier molecular flexibility index (Phi) is 7.28. The molecule has 1 aromatic rings. The van der Waals surface area contributed by atoms with Gasteiger partial charge in [-0.05, 0) is 45.0 Å². The van der Waals surface area contributed by atoms with Crippen molar-refractivity contribution in [2.75, 3.05) is 26.7 Å². The van der Waals surface area contributed by atoms with E-state index in [9.17, 15) is 5.26 Å². The average molecular weight is 273 g/mol. The Balaban J connectivity index is 2.80. The van der Waals surface area contributed by atoms with Crippen molar-refractivity contribution in [2.24, 2.45) is 0 Å². The highest BCUT2D eigenvalue weighted by Crippen LogP contribution is 2.24. The molecule has 110 valence electrons. The second-order valence-corrected chi connectivity index (χ2v) is 5.22. The molecule has 1 N–H and O–H groups in total. The van der Waals surface area contributed by atoms with Crippen LogP contribution >= 0.6 is 0 Å². The van der Waals surface area contributed by atoms with Crippen molar-refractivity contribution >= 4 is 0 Å². The first-order valence-corrected chi connectivity index (χ1v) is 7.60. The van der Waals surface area contributed by atoms with E-state index in [1.807, 2.05) is 37.4 Å². The first-order valence-electron chi connectivity index (χ1n) is 7.60. The zero-order valence-electron chi connectivity index (χ0n) is 13.0. The molecule has 0 saturated heterocycles. The van der Waals surface area contributed by atoms with E-state index in [0.717, 1.165) is 44.5 Å². The fourth-order valence-corrected chi connectivity index (χ4v) is 2.61. The van der Waals surface area contributed by atoms with Gasteiger partial charge in [0.1, 0.15) is 5.54 Å². The molecule has 0 heterocycles. The maximum atomic E-state index is 9.67. The molecule has 1 unspecified atom stereocenters. The molecule has 0 amide bonds. The predicted molar refractivity (Wildman–Crippen MR) is 84.4 cm³/mol. The third-order valence-electron chi connectivity index (χ3n) is 3.77. The number of hydrogen-bond acceptors (Lipinski definition) is 3. The number of benzene rings is 1. The van der Waals surface area contributed by atoms with Crippen molar-refractivity contribution in [3.05, 3.63) is 35.9 Å². The maximum Gasteiger partial charge on any atom is 0.133 e. The molecule has 0 saturated carbocycles. The smallest absolute Gasteiger partial charge is 0.133 e. The van der Waals surface area contributed by atoms with Crippen LogP contribution in [-0.4, -0.2) is 31.6 Å². The highest BCUT2D eigenvalue weighted by atomic mass is 15.1. The van der Waals surface area contributed by atoms with Crippen LogP contribution in [0.4, 0.5) is 0 Å². The normalized spacial score (nSPS) is 13.9. The van der Waals surface area contributed by atoms with Crippen LogP contribution in [0.1, 0.15) is 38.7 Å². The van der Waals surface area contributed by atoms with Gasteiger partial charge in [0.05, 0.1) is 6.07 Å². The molecule has 0 bridgehead atoms. The van der Waals surface area contributed by atoms with Crippen molar-refractivity contribution in [1.29, 1.82) is 5.26 Å². The van der Waals surface area contributed by atoms with Crippen LogP contribution in [-0.2, 0) is 5.54 Å². The van der Waals surface area contributed by atoms with E-state index in [0.29, 0.717) is 0 Å². The summed E-state index contributed by atoms with van der Waals surface area (Å²) in [6, 6.07) is 12.5. The number of rotatable bonds is 9. The van der Waals surface area contributed by atoms with Gasteiger partial charge in [0.2, 0.25) is 0 Å². The topological polar surface area (TPSA) is 39.1 Å². The minimum Gasteiger partial charge on any atom is -0.303 e. The number of nitriles is 1.